The van der Waals surface area contributed by atoms with Gasteiger partial charge in [-0.2, -0.15) is 5.26 Å². The van der Waals surface area contributed by atoms with Gasteiger partial charge in [0.15, 0.2) is 11.6 Å². The van der Waals surface area contributed by atoms with Crippen molar-refractivity contribution < 1.29 is 9.13 Å². The Morgan fingerprint density at radius 2 is 2.11 bits per heavy atom. The summed E-state index contributed by atoms with van der Waals surface area (Å²) in [6.07, 6.45) is 0. The molecule has 1 rings (SSSR count). The lowest BCUT2D eigenvalue weighted by Gasteiger charge is -2.21. The molecule has 0 radical (unpaired) electrons. The summed E-state index contributed by atoms with van der Waals surface area (Å²) in [4.78, 5) is 0. The number of rotatable bonds is 5. The van der Waals surface area contributed by atoms with Crippen LogP contribution in [0.25, 0.3) is 0 Å². The number of nitrogens with zero attached hydrogens (tertiary/aromatic N) is 1. The summed E-state index contributed by atoms with van der Waals surface area (Å²) in [6, 6.07) is 6.32. The van der Waals surface area contributed by atoms with Gasteiger partial charge in [0.25, 0.3) is 0 Å². The molecule has 0 aliphatic carbocycles. The summed E-state index contributed by atoms with van der Waals surface area (Å²) < 4.78 is 18.8. The van der Waals surface area contributed by atoms with Crippen LogP contribution in [-0.4, -0.2) is 6.61 Å². The summed E-state index contributed by atoms with van der Waals surface area (Å²) >= 11 is 0. The van der Waals surface area contributed by atoms with Crippen molar-refractivity contribution in [2.45, 2.75) is 26.8 Å². The van der Waals surface area contributed by atoms with Crippen LogP contribution in [0.4, 0.5) is 4.39 Å². The molecule has 0 heterocycles. The minimum Gasteiger partial charge on any atom is -0.491 e. The van der Waals surface area contributed by atoms with E-state index in [0.717, 1.165) is 0 Å². The van der Waals surface area contributed by atoms with Gasteiger partial charge in [0.05, 0.1) is 18.6 Å². The van der Waals surface area contributed by atoms with E-state index in [1.54, 1.807) is 19.1 Å². The molecule has 3 nitrogen and oxygen atoms in total. The van der Waals surface area contributed by atoms with E-state index in [2.05, 4.69) is 6.07 Å². The summed E-state index contributed by atoms with van der Waals surface area (Å²) in [5.41, 5.74) is 6.64. The molecule has 0 saturated carbocycles. The molecule has 0 spiro atoms. The van der Waals surface area contributed by atoms with Gasteiger partial charge in [-0.1, -0.05) is 19.9 Å². The van der Waals surface area contributed by atoms with E-state index in [4.69, 9.17) is 15.7 Å². The molecular weight excluding hydrogens is 231 g/mol. The number of hydrogen-bond donors (Lipinski definition) is 1. The van der Waals surface area contributed by atoms with Crippen LogP contribution < -0.4 is 10.5 Å². The zero-order valence-electron chi connectivity index (χ0n) is 11.0. The van der Waals surface area contributed by atoms with Crippen molar-refractivity contribution in [3.8, 4) is 11.8 Å². The number of halogens is 1. The van der Waals surface area contributed by atoms with E-state index in [1.807, 2.05) is 13.8 Å². The lowest BCUT2D eigenvalue weighted by atomic mass is 9.86. The molecule has 1 aromatic rings. The van der Waals surface area contributed by atoms with E-state index in [9.17, 15) is 4.39 Å². The van der Waals surface area contributed by atoms with Gasteiger partial charge >= 0.3 is 0 Å². The zero-order chi connectivity index (χ0) is 13.7. The average molecular weight is 250 g/mol. The number of nitrogens with two attached hydrogens (primary N) is 1. The molecule has 0 saturated heterocycles. The molecule has 0 bridgehead atoms. The Hall–Kier alpha value is -1.60. The van der Waals surface area contributed by atoms with Crippen LogP contribution in [0.5, 0.6) is 5.75 Å². The first-order chi connectivity index (χ1) is 8.51. The smallest absolute Gasteiger partial charge is 0.165 e. The Labute approximate surface area is 107 Å². The summed E-state index contributed by atoms with van der Waals surface area (Å²) in [7, 11) is 0. The topological polar surface area (TPSA) is 59.0 Å². The van der Waals surface area contributed by atoms with E-state index in [0.29, 0.717) is 12.2 Å². The molecule has 0 amide bonds. The van der Waals surface area contributed by atoms with Crippen LogP contribution >= 0.6 is 0 Å². The molecule has 4 heteroatoms. The second kappa shape index (κ2) is 6.36. The van der Waals surface area contributed by atoms with Crippen molar-refractivity contribution in [2.75, 3.05) is 6.61 Å². The third-order valence-corrected chi connectivity index (χ3v) is 2.89. The van der Waals surface area contributed by atoms with Crippen molar-refractivity contribution in [3.63, 3.8) is 0 Å². The number of hydrogen-bond acceptors (Lipinski definition) is 3. The number of benzene rings is 1. The molecule has 0 aliphatic rings. The Balaban J connectivity index is 2.97. The van der Waals surface area contributed by atoms with Crippen LogP contribution in [0, 0.1) is 29.0 Å². The molecule has 2 atom stereocenters. The van der Waals surface area contributed by atoms with Gasteiger partial charge < -0.3 is 10.5 Å². The Morgan fingerprint density at radius 3 is 2.56 bits per heavy atom. The van der Waals surface area contributed by atoms with Crippen LogP contribution in [0.1, 0.15) is 32.4 Å². The van der Waals surface area contributed by atoms with Crippen LogP contribution in [0.3, 0.4) is 0 Å². The molecule has 2 N–H and O–H groups in total. The summed E-state index contributed by atoms with van der Waals surface area (Å²) in [5.74, 6) is -0.432. The van der Waals surface area contributed by atoms with E-state index < -0.39 is 11.9 Å². The lowest BCUT2D eigenvalue weighted by molar-refractivity contribution is 0.320. The maximum Gasteiger partial charge on any atom is 0.165 e. The standard InChI is InChI=1S/C14H19FN2O/c1-4-18-13-6-5-10(7-12(13)15)14(17)11(8-16)9(2)3/h5-7,9,11,14H,4,17H2,1-3H3. The highest BCUT2D eigenvalue weighted by atomic mass is 19.1. The third-order valence-electron chi connectivity index (χ3n) is 2.89. The third kappa shape index (κ3) is 3.21. The monoisotopic (exact) mass is 250 g/mol. The van der Waals surface area contributed by atoms with Gasteiger partial charge in [0.2, 0.25) is 0 Å². The maximum absolute atomic E-state index is 13.7. The van der Waals surface area contributed by atoms with Crippen LogP contribution in [-0.2, 0) is 0 Å². The van der Waals surface area contributed by atoms with E-state index in [-0.39, 0.29) is 17.6 Å². The molecule has 0 aliphatic heterocycles. The average Bonchev–Trinajstić information content (AvgIpc) is 2.32. The normalized spacial score (nSPS) is 14.1. The second-order valence-corrected chi connectivity index (χ2v) is 4.55. The van der Waals surface area contributed by atoms with E-state index in [1.165, 1.54) is 6.07 Å². The lowest BCUT2D eigenvalue weighted by Crippen LogP contribution is -2.24. The van der Waals surface area contributed by atoms with Crippen molar-refractivity contribution in [2.24, 2.45) is 17.6 Å². The quantitative estimate of drug-likeness (QED) is 0.873. The van der Waals surface area contributed by atoms with Crippen LogP contribution in [0.2, 0.25) is 0 Å². The largest absolute Gasteiger partial charge is 0.491 e. The highest BCUT2D eigenvalue weighted by Gasteiger charge is 2.23. The van der Waals surface area contributed by atoms with Crippen molar-refractivity contribution in [3.05, 3.63) is 29.6 Å². The molecule has 98 valence electrons. The van der Waals surface area contributed by atoms with Crippen molar-refractivity contribution >= 4 is 0 Å². The highest BCUT2D eigenvalue weighted by Crippen LogP contribution is 2.28. The SMILES string of the molecule is CCOc1ccc(C(N)C(C#N)C(C)C)cc1F. The fraction of sp³-hybridized carbons (Fsp3) is 0.500. The number of ether oxygens (including phenoxy) is 1. The first-order valence-corrected chi connectivity index (χ1v) is 6.08. The fourth-order valence-corrected chi connectivity index (χ4v) is 1.85. The predicted octanol–water partition coefficient (Wildman–Crippen LogP) is 3.02. The molecular formula is C14H19FN2O. The molecule has 2 unspecified atom stereocenters. The Kier molecular flexibility index (Phi) is 5.11. The van der Waals surface area contributed by atoms with E-state index >= 15 is 0 Å². The maximum atomic E-state index is 13.7. The van der Waals surface area contributed by atoms with Crippen molar-refractivity contribution in [1.82, 2.24) is 0 Å². The van der Waals surface area contributed by atoms with Gasteiger partial charge in [-0.25, -0.2) is 4.39 Å². The second-order valence-electron chi connectivity index (χ2n) is 4.55. The zero-order valence-corrected chi connectivity index (χ0v) is 11.0. The first-order valence-electron chi connectivity index (χ1n) is 6.08. The number of nitriles is 1. The molecule has 18 heavy (non-hydrogen) atoms. The minimum absolute atomic E-state index is 0.125. The van der Waals surface area contributed by atoms with Crippen LogP contribution in [0.15, 0.2) is 18.2 Å². The molecule has 0 aromatic heterocycles. The van der Waals surface area contributed by atoms with Gasteiger partial charge in [-0.3, -0.25) is 0 Å². The Morgan fingerprint density at radius 1 is 1.44 bits per heavy atom. The summed E-state index contributed by atoms with van der Waals surface area (Å²) in [5, 5.41) is 9.09. The van der Waals surface area contributed by atoms with Gasteiger partial charge in [0.1, 0.15) is 0 Å². The molecule has 0 fully saturated rings. The first kappa shape index (κ1) is 14.5. The predicted molar refractivity (Wildman–Crippen MR) is 68.4 cm³/mol. The van der Waals surface area contributed by atoms with Crippen molar-refractivity contribution in [1.29, 1.82) is 5.26 Å². The Bertz CT molecular complexity index is 440. The summed E-state index contributed by atoms with van der Waals surface area (Å²) in [6.45, 7) is 6.07. The molecule has 1 aromatic carbocycles. The minimum atomic E-state index is -0.486. The fourth-order valence-electron chi connectivity index (χ4n) is 1.85. The highest BCUT2D eigenvalue weighted by molar-refractivity contribution is 5.32. The van der Waals surface area contributed by atoms with Gasteiger partial charge in [-0.15, -0.1) is 0 Å². The van der Waals surface area contributed by atoms with Gasteiger partial charge in [-0.05, 0) is 30.5 Å². The van der Waals surface area contributed by atoms with Gasteiger partial charge in [0, 0.05) is 6.04 Å².